The van der Waals surface area contributed by atoms with Crippen LogP contribution in [0.5, 0.6) is 0 Å². The van der Waals surface area contributed by atoms with Crippen molar-refractivity contribution in [2.75, 3.05) is 7.11 Å². The zero-order valence-corrected chi connectivity index (χ0v) is 14.0. The van der Waals surface area contributed by atoms with Gasteiger partial charge in [-0.1, -0.05) is 40.6 Å². The number of allylic oxidation sites excluding steroid dienone is 5. The first-order valence-corrected chi connectivity index (χ1v) is 8.14. The minimum atomic E-state index is -0.345. The lowest BCUT2D eigenvalue weighted by Gasteiger charge is -2.35. The molecule has 0 unspecified atom stereocenters. The summed E-state index contributed by atoms with van der Waals surface area (Å²) in [5.41, 5.74) is 0. The van der Waals surface area contributed by atoms with E-state index in [9.17, 15) is 9.59 Å². The second kappa shape index (κ2) is 7.21. The van der Waals surface area contributed by atoms with Crippen LogP contribution in [0.3, 0.4) is 0 Å². The third-order valence-electron chi connectivity index (χ3n) is 4.42. The number of ketones is 1. The average Bonchev–Trinajstić information content (AvgIpc) is 2.93. The van der Waals surface area contributed by atoms with Crippen molar-refractivity contribution in [1.82, 2.24) is 0 Å². The van der Waals surface area contributed by atoms with Crippen molar-refractivity contribution in [3.63, 3.8) is 0 Å². The first-order chi connectivity index (χ1) is 10.0. The van der Waals surface area contributed by atoms with Crippen LogP contribution < -0.4 is 0 Å². The second-order valence-electron chi connectivity index (χ2n) is 5.76. The van der Waals surface area contributed by atoms with E-state index in [1.807, 2.05) is 12.2 Å². The molecule has 2 aliphatic rings. The first kappa shape index (κ1) is 16.2. The molecule has 0 heterocycles. The Morgan fingerprint density at radius 1 is 1.29 bits per heavy atom. The van der Waals surface area contributed by atoms with Crippen LogP contribution in [-0.4, -0.2) is 18.9 Å². The van der Waals surface area contributed by atoms with Crippen molar-refractivity contribution in [3.8, 4) is 0 Å². The summed E-state index contributed by atoms with van der Waals surface area (Å²) in [6.45, 7) is 1.57. The molecule has 0 N–H and O–H groups in total. The molecule has 4 heteroatoms. The van der Waals surface area contributed by atoms with Crippen LogP contribution >= 0.6 is 15.9 Å². The molecule has 0 aliphatic heterocycles. The van der Waals surface area contributed by atoms with Crippen molar-refractivity contribution in [1.29, 1.82) is 0 Å². The SMILES string of the molecule is COC(=O)/C=C\[C@@H]1C=C(Br)[C@@H]2CCC[C@H]2[C@@H]1/C=C/C(C)=O. The van der Waals surface area contributed by atoms with Crippen molar-refractivity contribution in [3.05, 3.63) is 34.9 Å². The van der Waals surface area contributed by atoms with E-state index < -0.39 is 0 Å². The number of carbonyl (C=O) groups is 2. The number of carbonyl (C=O) groups excluding carboxylic acids is 2. The highest BCUT2D eigenvalue weighted by molar-refractivity contribution is 9.11. The molecule has 1 fully saturated rings. The molecule has 2 aliphatic carbocycles. The lowest BCUT2D eigenvalue weighted by Crippen LogP contribution is -2.28. The van der Waals surface area contributed by atoms with Gasteiger partial charge in [-0.3, -0.25) is 4.79 Å². The summed E-state index contributed by atoms with van der Waals surface area (Å²) < 4.78 is 5.89. The van der Waals surface area contributed by atoms with Gasteiger partial charge in [0.25, 0.3) is 0 Å². The second-order valence-corrected chi connectivity index (χ2v) is 6.68. The standard InChI is InChI=1S/C17H21BrO3/c1-11(19)6-8-13-12(7-9-17(20)21-2)10-16(18)15-5-3-4-14(13)15/h6-10,12-15H,3-5H2,1-2H3/b8-6+,9-7-/t12-,13-,14+,15-/m1/s1. The number of methoxy groups -OCH3 is 1. The van der Waals surface area contributed by atoms with Gasteiger partial charge in [-0.15, -0.1) is 0 Å². The largest absolute Gasteiger partial charge is 0.466 e. The fourth-order valence-corrected chi connectivity index (χ4v) is 4.33. The Balaban J connectivity index is 2.27. The average molecular weight is 353 g/mol. The van der Waals surface area contributed by atoms with Crippen LogP contribution in [0.4, 0.5) is 0 Å². The van der Waals surface area contributed by atoms with E-state index in [0.29, 0.717) is 11.8 Å². The zero-order chi connectivity index (χ0) is 15.4. The number of fused-ring (bicyclic) bond motifs is 1. The Labute approximate surface area is 134 Å². The van der Waals surface area contributed by atoms with Crippen molar-refractivity contribution in [2.24, 2.45) is 23.7 Å². The lowest BCUT2D eigenvalue weighted by molar-refractivity contribution is -0.134. The molecular formula is C17H21BrO3. The van der Waals surface area contributed by atoms with Gasteiger partial charge in [0.1, 0.15) is 0 Å². The van der Waals surface area contributed by atoms with E-state index in [-0.39, 0.29) is 23.6 Å². The van der Waals surface area contributed by atoms with Crippen LogP contribution in [0, 0.1) is 23.7 Å². The number of rotatable bonds is 4. The Bertz CT molecular complexity index is 504. The van der Waals surface area contributed by atoms with Gasteiger partial charge < -0.3 is 4.74 Å². The zero-order valence-electron chi connectivity index (χ0n) is 12.4. The van der Waals surface area contributed by atoms with Crippen LogP contribution in [-0.2, 0) is 14.3 Å². The number of hydrogen-bond donors (Lipinski definition) is 0. The Morgan fingerprint density at radius 3 is 2.71 bits per heavy atom. The van der Waals surface area contributed by atoms with Gasteiger partial charge in [-0.05, 0) is 48.1 Å². The van der Waals surface area contributed by atoms with Gasteiger partial charge >= 0.3 is 5.97 Å². The van der Waals surface area contributed by atoms with Gasteiger partial charge in [0.05, 0.1) is 7.11 Å². The smallest absolute Gasteiger partial charge is 0.330 e. The maximum atomic E-state index is 11.3. The van der Waals surface area contributed by atoms with E-state index in [4.69, 9.17) is 0 Å². The fourth-order valence-electron chi connectivity index (χ4n) is 3.46. The van der Waals surface area contributed by atoms with Crippen LogP contribution in [0.25, 0.3) is 0 Å². The molecule has 21 heavy (non-hydrogen) atoms. The monoisotopic (exact) mass is 352 g/mol. The molecule has 0 amide bonds. The molecule has 114 valence electrons. The molecule has 0 spiro atoms. The van der Waals surface area contributed by atoms with Crippen LogP contribution in [0.1, 0.15) is 26.2 Å². The minimum absolute atomic E-state index is 0.0638. The molecule has 4 atom stereocenters. The lowest BCUT2D eigenvalue weighted by atomic mass is 9.71. The minimum Gasteiger partial charge on any atom is -0.466 e. The third-order valence-corrected chi connectivity index (χ3v) is 5.28. The molecule has 1 saturated carbocycles. The molecule has 2 rings (SSSR count). The van der Waals surface area contributed by atoms with Gasteiger partial charge in [-0.25, -0.2) is 4.79 Å². The highest BCUT2D eigenvalue weighted by atomic mass is 79.9. The summed E-state index contributed by atoms with van der Waals surface area (Å²) in [4.78, 5) is 22.6. The summed E-state index contributed by atoms with van der Waals surface area (Å²) >= 11 is 3.69. The quantitative estimate of drug-likeness (QED) is 0.570. The molecule has 0 radical (unpaired) electrons. The summed E-state index contributed by atoms with van der Waals surface area (Å²) in [7, 11) is 1.37. The summed E-state index contributed by atoms with van der Waals surface area (Å²) in [5.74, 6) is 1.19. The maximum absolute atomic E-state index is 11.3. The molecule has 0 saturated heterocycles. The number of halogens is 1. The number of ether oxygens (including phenoxy) is 1. The molecule has 0 bridgehead atoms. The predicted molar refractivity (Wildman–Crippen MR) is 85.8 cm³/mol. The maximum Gasteiger partial charge on any atom is 0.330 e. The normalized spacial score (nSPS) is 32.2. The summed E-state index contributed by atoms with van der Waals surface area (Å²) in [6.07, 6.45) is 12.8. The van der Waals surface area contributed by atoms with Crippen LogP contribution in [0.2, 0.25) is 0 Å². The van der Waals surface area contributed by atoms with Crippen molar-refractivity contribution in [2.45, 2.75) is 26.2 Å². The fraction of sp³-hybridized carbons (Fsp3) is 0.529. The van der Waals surface area contributed by atoms with E-state index >= 15 is 0 Å². The van der Waals surface area contributed by atoms with Crippen molar-refractivity contribution < 1.29 is 14.3 Å². The Kier molecular flexibility index (Phi) is 5.57. The molecular weight excluding hydrogens is 332 g/mol. The van der Waals surface area contributed by atoms with E-state index in [1.165, 1.54) is 36.9 Å². The van der Waals surface area contributed by atoms with E-state index in [2.05, 4.69) is 26.7 Å². The van der Waals surface area contributed by atoms with Gasteiger partial charge in [0.2, 0.25) is 0 Å². The summed E-state index contributed by atoms with van der Waals surface area (Å²) in [5, 5.41) is 0. The number of esters is 1. The van der Waals surface area contributed by atoms with Crippen molar-refractivity contribution >= 4 is 27.7 Å². The van der Waals surface area contributed by atoms with Gasteiger partial charge in [0.15, 0.2) is 5.78 Å². The molecule has 0 aromatic rings. The highest BCUT2D eigenvalue weighted by Crippen LogP contribution is 2.50. The Morgan fingerprint density at radius 2 is 2.05 bits per heavy atom. The van der Waals surface area contributed by atoms with E-state index in [0.717, 1.165) is 0 Å². The predicted octanol–water partition coefficient (Wildman–Crippen LogP) is 3.80. The topological polar surface area (TPSA) is 43.4 Å². The molecule has 0 aromatic carbocycles. The third kappa shape index (κ3) is 3.94. The van der Waals surface area contributed by atoms with E-state index in [1.54, 1.807) is 13.0 Å². The summed E-state index contributed by atoms with van der Waals surface area (Å²) in [6, 6.07) is 0. The molecule has 3 nitrogen and oxygen atoms in total. The van der Waals surface area contributed by atoms with Crippen LogP contribution in [0.15, 0.2) is 34.9 Å². The van der Waals surface area contributed by atoms with Gasteiger partial charge in [-0.2, -0.15) is 0 Å². The Hall–Kier alpha value is -1.16. The molecule has 0 aromatic heterocycles. The number of hydrogen-bond acceptors (Lipinski definition) is 3. The van der Waals surface area contributed by atoms with Gasteiger partial charge in [0, 0.05) is 12.0 Å². The highest BCUT2D eigenvalue weighted by Gasteiger charge is 2.40. The first-order valence-electron chi connectivity index (χ1n) is 7.35.